The van der Waals surface area contributed by atoms with Gasteiger partial charge in [0.2, 0.25) is 0 Å². The SMILES string of the molecule is CNc1noc2c(-c3ccc4c(-c5cccnc5C)nncc4c3)c(C)ccc12. The van der Waals surface area contributed by atoms with Crippen molar-refractivity contribution >= 4 is 27.6 Å². The lowest BCUT2D eigenvalue weighted by atomic mass is 9.95. The molecular formula is C23H19N5O. The van der Waals surface area contributed by atoms with Gasteiger partial charge in [-0.05, 0) is 49.2 Å². The van der Waals surface area contributed by atoms with Crippen molar-refractivity contribution in [3.8, 4) is 22.4 Å². The first-order valence-corrected chi connectivity index (χ1v) is 9.42. The zero-order valence-corrected chi connectivity index (χ0v) is 16.4. The van der Waals surface area contributed by atoms with Crippen LogP contribution in [-0.2, 0) is 0 Å². The molecule has 3 heterocycles. The second-order valence-electron chi connectivity index (χ2n) is 7.05. The van der Waals surface area contributed by atoms with Crippen LogP contribution < -0.4 is 5.32 Å². The third-order valence-electron chi connectivity index (χ3n) is 5.30. The van der Waals surface area contributed by atoms with Gasteiger partial charge in [0, 0.05) is 40.8 Å². The summed E-state index contributed by atoms with van der Waals surface area (Å²) in [5.41, 5.74) is 6.76. The Bertz CT molecular complexity index is 1370. The van der Waals surface area contributed by atoms with Gasteiger partial charge in [0.15, 0.2) is 11.4 Å². The summed E-state index contributed by atoms with van der Waals surface area (Å²) in [5, 5.41) is 18.9. The molecule has 5 rings (SSSR count). The quantitative estimate of drug-likeness (QED) is 0.465. The van der Waals surface area contributed by atoms with E-state index < -0.39 is 0 Å². The Morgan fingerprint density at radius 2 is 1.86 bits per heavy atom. The molecule has 6 heteroatoms. The zero-order chi connectivity index (χ0) is 20.0. The van der Waals surface area contributed by atoms with Gasteiger partial charge in [-0.25, -0.2) is 0 Å². The lowest BCUT2D eigenvalue weighted by Gasteiger charge is -2.10. The van der Waals surface area contributed by atoms with Crippen molar-refractivity contribution in [3.05, 3.63) is 66.1 Å². The summed E-state index contributed by atoms with van der Waals surface area (Å²) in [5.74, 6) is 0.738. The molecule has 5 aromatic rings. The van der Waals surface area contributed by atoms with Crippen molar-refractivity contribution in [2.24, 2.45) is 0 Å². The summed E-state index contributed by atoms with van der Waals surface area (Å²) in [7, 11) is 1.84. The molecule has 0 aliphatic heterocycles. The number of pyridine rings is 1. The van der Waals surface area contributed by atoms with Crippen LogP contribution in [0.15, 0.2) is 59.4 Å². The molecule has 0 amide bonds. The highest BCUT2D eigenvalue weighted by Gasteiger charge is 2.16. The third-order valence-corrected chi connectivity index (χ3v) is 5.30. The van der Waals surface area contributed by atoms with Crippen LogP contribution >= 0.6 is 0 Å². The van der Waals surface area contributed by atoms with Crippen LogP contribution in [0.25, 0.3) is 44.1 Å². The van der Waals surface area contributed by atoms with Gasteiger partial charge >= 0.3 is 0 Å². The highest BCUT2D eigenvalue weighted by Crippen LogP contribution is 2.37. The molecule has 0 spiro atoms. The van der Waals surface area contributed by atoms with Crippen LogP contribution in [-0.4, -0.2) is 27.4 Å². The van der Waals surface area contributed by atoms with Crippen LogP contribution in [0.1, 0.15) is 11.3 Å². The predicted octanol–water partition coefficient (Wildman–Crippen LogP) is 5.16. The summed E-state index contributed by atoms with van der Waals surface area (Å²) < 4.78 is 5.68. The van der Waals surface area contributed by atoms with Gasteiger partial charge in [-0.15, -0.1) is 5.10 Å². The summed E-state index contributed by atoms with van der Waals surface area (Å²) >= 11 is 0. The van der Waals surface area contributed by atoms with Crippen LogP contribution in [0.5, 0.6) is 0 Å². The molecule has 0 fully saturated rings. The van der Waals surface area contributed by atoms with E-state index in [-0.39, 0.29) is 0 Å². The number of benzene rings is 2. The van der Waals surface area contributed by atoms with Crippen molar-refractivity contribution in [3.63, 3.8) is 0 Å². The maximum atomic E-state index is 5.68. The maximum Gasteiger partial charge on any atom is 0.177 e. The molecule has 0 unspecified atom stereocenters. The lowest BCUT2D eigenvalue weighted by Crippen LogP contribution is -1.94. The number of rotatable bonds is 3. The molecule has 29 heavy (non-hydrogen) atoms. The topological polar surface area (TPSA) is 76.7 Å². The Morgan fingerprint density at radius 1 is 1.00 bits per heavy atom. The Morgan fingerprint density at radius 3 is 2.69 bits per heavy atom. The van der Waals surface area contributed by atoms with Crippen LogP contribution in [0, 0.1) is 13.8 Å². The van der Waals surface area contributed by atoms with Crippen molar-refractivity contribution in [1.82, 2.24) is 20.3 Å². The van der Waals surface area contributed by atoms with Gasteiger partial charge in [0.25, 0.3) is 0 Å². The smallest absolute Gasteiger partial charge is 0.177 e. The van der Waals surface area contributed by atoms with E-state index in [0.717, 1.165) is 61.2 Å². The Kier molecular flexibility index (Phi) is 3.98. The third kappa shape index (κ3) is 2.72. The first-order chi connectivity index (χ1) is 14.2. The molecule has 0 atom stereocenters. The monoisotopic (exact) mass is 381 g/mol. The largest absolute Gasteiger partial charge is 0.370 e. The second-order valence-corrected chi connectivity index (χ2v) is 7.05. The fourth-order valence-corrected chi connectivity index (χ4v) is 3.82. The Balaban J connectivity index is 1.73. The van der Waals surface area contributed by atoms with Gasteiger partial charge in [-0.2, -0.15) is 5.10 Å². The Labute approximate surface area is 167 Å². The van der Waals surface area contributed by atoms with Crippen LogP contribution in [0.2, 0.25) is 0 Å². The number of anilines is 1. The molecule has 0 saturated carbocycles. The number of fused-ring (bicyclic) bond motifs is 2. The summed E-state index contributed by atoms with van der Waals surface area (Å²) in [4.78, 5) is 4.39. The van der Waals surface area contributed by atoms with E-state index in [1.54, 1.807) is 12.4 Å². The maximum absolute atomic E-state index is 5.68. The standard InChI is InChI=1S/C23H19N5O/c1-13-6-8-19-22(29-28-23(19)24-3)20(13)15-7-9-18-16(11-15)12-26-27-21(18)17-5-4-10-25-14(17)2/h4-12H,1-3H3,(H,24,28). The van der Waals surface area contributed by atoms with Crippen molar-refractivity contribution in [2.45, 2.75) is 13.8 Å². The van der Waals surface area contributed by atoms with E-state index in [0.29, 0.717) is 0 Å². The van der Waals surface area contributed by atoms with E-state index in [1.807, 2.05) is 32.2 Å². The molecule has 6 nitrogen and oxygen atoms in total. The van der Waals surface area contributed by atoms with E-state index >= 15 is 0 Å². The van der Waals surface area contributed by atoms with Crippen molar-refractivity contribution < 1.29 is 4.52 Å². The fraction of sp³-hybridized carbons (Fsp3) is 0.130. The minimum Gasteiger partial charge on any atom is -0.370 e. The number of nitrogens with one attached hydrogen (secondary N) is 1. The first kappa shape index (κ1) is 17.3. The lowest BCUT2D eigenvalue weighted by molar-refractivity contribution is 0.460. The van der Waals surface area contributed by atoms with Gasteiger partial charge in [0.05, 0.1) is 11.6 Å². The molecule has 0 radical (unpaired) electrons. The molecule has 0 bridgehead atoms. The van der Waals surface area contributed by atoms with Crippen molar-refractivity contribution in [1.29, 1.82) is 0 Å². The molecule has 0 saturated heterocycles. The summed E-state index contributed by atoms with van der Waals surface area (Å²) in [6, 6.07) is 14.4. The molecule has 2 aromatic carbocycles. The molecular weight excluding hydrogens is 362 g/mol. The minimum absolute atomic E-state index is 0.738. The summed E-state index contributed by atoms with van der Waals surface area (Å²) in [6.45, 7) is 4.06. The predicted molar refractivity (Wildman–Crippen MR) is 115 cm³/mol. The number of nitrogens with zero attached hydrogens (tertiary/aromatic N) is 4. The van der Waals surface area contributed by atoms with Gasteiger partial charge in [0.1, 0.15) is 5.69 Å². The van der Waals surface area contributed by atoms with Gasteiger partial charge in [-0.3, -0.25) is 4.98 Å². The number of aromatic nitrogens is 4. The first-order valence-electron chi connectivity index (χ1n) is 9.42. The highest BCUT2D eigenvalue weighted by atomic mass is 16.5. The average molecular weight is 381 g/mol. The molecule has 0 aliphatic rings. The van der Waals surface area contributed by atoms with Gasteiger partial charge in [-0.1, -0.05) is 23.4 Å². The second kappa shape index (κ2) is 6.67. The number of hydrogen-bond donors (Lipinski definition) is 1. The molecule has 0 aliphatic carbocycles. The van der Waals surface area contributed by atoms with E-state index in [9.17, 15) is 0 Å². The van der Waals surface area contributed by atoms with Gasteiger partial charge < -0.3 is 9.84 Å². The average Bonchev–Trinajstić information content (AvgIpc) is 3.16. The Hall–Kier alpha value is -3.80. The highest BCUT2D eigenvalue weighted by molar-refractivity contribution is 6.02. The van der Waals surface area contributed by atoms with E-state index in [4.69, 9.17) is 4.52 Å². The summed E-state index contributed by atoms with van der Waals surface area (Å²) in [6.07, 6.45) is 3.58. The normalized spacial score (nSPS) is 11.3. The molecule has 142 valence electrons. The van der Waals surface area contributed by atoms with E-state index in [2.05, 4.69) is 56.8 Å². The van der Waals surface area contributed by atoms with E-state index in [1.165, 1.54) is 0 Å². The zero-order valence-electron chi connectivity index (χ0n) is 16.4. The molecule has 3 aromatic heterocycles. The van der Waals surface area contributed by atoms with Crippen molar-refractivity contribution in [2.75, 3.05) is 12.4 Å². The number of hydrogen-bond acceptors (Lipinski definition) is 6. The minimum atomic E-state index is 0.738. The van der Waals surface area contributed by atoms with Crippen LogP contribution in [0.3, 0.4) is 0 Å². The molecule has 1 N–H and O–H groups in total. The van der Waals surface area contributed by atoms with Crippen LogP contribution in [0.4, 0.5) is 5.82 Å². The fourth-order valence-electron chi connectivity index (χ4n) is 3.82. The number of aryl methyl sites for hydroxylation is 2.